The predicted molar refractivity (Wildman–Crippen MR) is 108 cm³/mol. The van der Waals surface area contributed by atoms with Crippen molar-refractivity contribution in [2.45, 2.75) is 4.90 Å². The van der Waals surface area contributed by atoms with E-state index in [0.29, 0.717) is 23.8 Å². The Kier molecular flexibility index (Phi) is 5.24. The molecule has 0 atom stereocenters. The van der Waals surface area contributed by atoms with E-state index in [1.807, 2.05) is 17.5 Å². The molecule has 0 saturated carbocycles. The van der Waals surface area contributed by atoms with Gasteiger partial charge in [0.1, 0.15) is 0 Å². The van der Waals surface area contributed by atoms with Crippen molar-refractivity contribution in [2.75, 3.05) is 26.2 Å². The Hall–Kier alpha value is -2.20. The summed E-state index contributed by atoms with van der Waals surface area (Å²) in [5, 5.41) is 9.32. The minimum atomic E-state index is -3.63. The molecule has 1 aliphatic heterocycles. The molecule has 0 spiro atoms. The Morgan fingerprint density at radius 3 is 2.57 bits per heavy atom. The van der Waals surface area contributed by atoms with E-state index in [4.69, 9.17) is 11.6 Å². The van der Waals surface area contributed by atoms with Crippen LogP contribution in [0.3, 0.4) is 0 Å². The predicted octanol–water partition coefficient (Wildman–Crippen LogP) is 2.94. The first-order valence-corrected chi connectivity index (χ1v) is 11.3. The van der Waals surface area contributed by atoms with Gasteiger partial charge in [0, 0.05) is 31.2 Å². The smallest absolute Gasteiger partial charge is 0.274 e. The highest BCUT2D eigenvalue weighted by Gasteiger charge is 2.31. The molecule has 2 aromatic heterocycles. The number of nitrogens with one attached hydrogen (secondary N) is 1. The fourth-order valence-corrected chi connectivity index (χ4v) is 5.48. The highest BCUT2D eigenvalue weighted by Crippen LogP contribution is 2.24. The molecule has 1 N–H and O–H groups in total. The zero-order chi connectivity index (χ0) is 19.7. The van der Waals surface area contributed by atoms with Gasteiger partial charge in [-0.05, 0) is 35.7 Å². The van der Waals surface area contributed by atoms with Gasteiger partial charge in [0.05, 0.1) is 15.5 Å². The van der Waals surface area contributed by atoms with Crippen LogP contribution in [0.2, 0.25) is 5.02 Å². The van der Waals surface area contributed by atoms with Crippen molar-refractivity contribution in [3.8, 4) is 10.6 Å². The Morgan fingerprint density at radius 1 is 1.11 bits per heavy atom. The number of aromatic nitrogens is 2. The average Bonchev–Trinajstić information content (AvgIpc) is 3.39. The molecule has 4 rings (SSSR count). The number of H-pyrrole nitrogens is 1. The minimum Gasteiger partial charge on any atom is -0.335 e. The monoisotopic (exact) mass is 436 g/mol. The van der Waals surface area contributed by atoms with Crippen LogP contribution in [0.4, 0.5) is 0 Å². The van der Waals surface area contributed by atoms with Crippen molar-refractivity contribution < 1.29 is 13.2 Å². The second kappa shape index (κ2) is 7.67. The Bertz CT molecular complexity index is 1090. The maximum Gasteiger partial charge on any atom is 0.274 e. The number of aromatic amines is 1. The molecular weight excluding hydrogens is 420 g/mol. The Labute approximate surface area is 171 Å². The zero-order valence-corrected chi connectivity index (χ0v) is 17.1. The molecule has 1 aliphatic rings. The normalized spacial score (nSPS) is 15.7. The third-order valence-electron chi connectivity index (χ3n) is 4.54. The van der Waals surface area contributed by atoms with E-state index in [-0.39, 0.29) is 23.9 Å². The van der Waals surface area contributed by atoms with E-state index >= 15 is 0 Å². The summed E-state index contributed by atoms with van der Waals surface area (Å²) in [6.07, 6.45) is 0. The number of carbonyl (C=O) groups excluding carboxylic acids is 1. The maximum atomic E-state index is 12.8. The lowest BCUT2D eigenvalue weighted by Gasteiger charge is -2.33. The number of piperazine rings is 1. The SMILES string of the molecule is O=C(c1cc(-c2cccs2)[nH]n1)N1CCN(S(=O)(=O)c2cccc(Cl)c2)CC1. The van der Waals surface area contributed by atoms with Crippen LogP contribution in [0.1, 0.15) is 10.5 Å². The number of hydrogen-bond acceptors (Lipinski definition) is 5. The molecule has 7 nitrogen and oxygen atoms in total. The number of halogens is 1. The van der Waals surface area contributed by atoms with Crippen LogP contribution in [0, 0.1) is 0 Å². The number of rotatable bonds is 4. The summed E-state index contributed by atoms with van der Waals surface area (Å²) in [7, 11) is -3.63. The van der Waals surface area contributed by atoms with Crippen LogP contribution >= 0.6 is 22.9 Å². The maximum absolute atomic E-state index is 12.8. The van der Waals surface area contributed by atoms with Crippen molar-refractivity contribution in [2.24, 2.45) is 0 Å². The van der Waals surface area contributed by atoms with Crippen LogP contribution in [-0.4, -0.2) is 59.9 Å². The molecule has 1 saturated heterocycles. The first-order chi connectivity index (χ1) is 13.4. The van der Waals surface area contributed by atoms with Gasteiger partial charge in [0.25, 0.3) is 5.91 Å². The molecule has 1 amide bonds. The van der Waals surface area contributed by atoms with Gasteiger partial charge in [-0.3, -0.25) is 9.89 Å². The summed E-state index contributed by atoms with van der Waals surface area (Å²) in [6.45, 7) is 1.06. The lowest BCUT2D eigenvalue weighted by molar-refractivity contribution is 0.0692. The molecule has 1 fully saturated rings. The third kappa shape index (κ3) is 3.70. The number of nitrogens with zero attached hydrogens (tertiary/aromatic N) is 3. The van der Waals surface area contributed by atoms with Gasteiger partial charge < -0.3 is 4.90 Å². The van der Waals surface area contributed by atoms with E-state index in [9.17, 15) is 13.2 Å². The van der Waals surface area contributed by atoms with Crippen LogP contribution in [0.15, 0.2) is 52.7 Å². The van der Waals surface area contributed by atoms with Crippen LogP contribution in [-0.2, 0) is 10.0 Å². The topological polar surface area (TPSA) is 86.4 Å². The minimum absolute atomic E-state index is 0.160. The number of benzene rings is 1. The Morgan fingerprint density at radius 2 is 1.89 bits per heavy atom. The first kappa shape index (κ1) is 19.1. The van der Waals surface area contributed by atoms with Crippen molar-refractivity contribution >= 4 is 38.9 Å². The van der Waals surface area contributed by atoms with Gasteiger partial charge in [-0.1, -0.05) is 23.7 Å². The molecule has 0 radical (unpaired) electrons. The second-order valence-corrected chi connectivity index (χ2v) is 9.62. The standard InChI is InChI=1S/C18H17ClN4O3S2/c19-13-3-1-4-14(11-13)28(25,26)23-8-6-22(7-9-23)18(24)16-12-15(20-21-16)17-5-2-10-27-17/h1-5,10-12H,6-9H2,(H,20,21). The zero-order valence-electron chi connectivity index (χ0n) is 14.7. The summed E-state index contributed by atoms with van der Waals surface area (Å²) >= 11 is 7.48. The largest absolute Gasteiger partial charge is 0.335 e. The number of thiophene rings is 1. The molecule has 28 heavy (non-hydrogen) atoms. The fraction of sp³-hybridized carbons (Fsp3) is 0.222. The lowest BCUT2D eigenvalue weighted by atomic mass is 10.2. The molecular formula is C18H17ClN4O3S2. The summed E-state index contributed by atoms with van der Waals surface area (Å²) in [5.74, 6) is -0.209. The summed E-state index contributed by atoms with van der Waals surface area (Å²) in [5.41, 5.74) is 1.12. The summed E-state index contributed by atoms with van der Waals surface area (Å²) in [4.78, 5) is 15.5. The molecule has 0 bridgehead atoms. The van der Waals surface area contributed by atoms with Crippen molar-refractivity contribution in [1.29, 1.82) is 0 Å². The van der Waals surface area contributed by atoms with E-state index in [2.05, 4.69) is 10.2 Å². The highest BCUT2D eigenvalue weighted by molar-refractivity contribution is 7.89. The van der Waals surface area contributed by atoms with Gasteiger partial charge in [-0.15, -0.1) is 11.3 Å². The van der Waals surface area contributed by atoms with Gasteiger partial charge in [0.15, 0.2) is 5.69 Å². The van der Waals surface area contributed by atoms with E-state index in [1.165, 1.54) is 16.4 Å². The molecule has 3 heterocycles. The number of carbonyl (C=O) groups is 1. The summed E-state index contributed by atoms with van der Waals surface area (Å²) < 4.78 is 26.9. The molecule has 146 valence electrons. The third-order valence-corrected chi connectivity index (χ3v) is 7.58. The molecule has 1 aromatic carbocycles. The van der Waals surface area contributed by atoms with Gasteiger partial charge >= 0.3 is 0 Å². The number of amides is 1. The number of hydrogen-bond donors (Lipinski definition) is 1. The van der Waals surface area contributed by atoms with Crippen LogP contribution < -0.4 is 0 Å². The lowest BCUT2D eigenvalue weighted by Crippen LogP contribution is -2.50. The molecule has 3 aromatic rings. The van der Waals surface area contributed by atoms with Crippen LogP contribution in [0.25, 0.3) is 10.6 Å². The van der Waals surface area contributed by atoms with Gasteiger partial charge in [-0.25, -0.2) is 8.42 Å². The molecule has 0 aliphatic carbocycles. The van der Waals surface area contributed by atoms with E-state index in [0.717, 1.165) is 10.6 Å². The van der Waals surface area contributed by atoms with Gasteiger partial charge in [0.2, 0.25) is 10.0 Å². The Balaban J connectivity index is 1.43. The van der Waals surface area contributed by atoms with E-state index < -0.39 is 10.0 Å². The summed E-state index contributed by atoms with van der Waals surface area (Å²) in [6, 6.07) is 11.8. The molecule has 10 heteroatoms. The highest BCUT2D eigenvalue weighted by atomic mass is 35.5. The fourth-order valence-electron chi connectivity index (χ4n) is 3.06. The van der Waals surface area contributed by atoms with Crippen molar-refractivity contribution in [3.05, 3.63) is 58.6 Å². The second-order valence-electron chi connectivity index (χ2n) is 6.30. The van der Waals surface area contributed by atoms with E-state index in [1.54, 1.807) is 34.4 Å². The van der Waals surface area contributed by atoms with Crippen LogP contribution in [0.5, 0.6) is 0 Å². The quantitative estimate of drug-likeness (QED) is 0.681. The van der Waals surface area contributed by atoms with Gasteiger partial charge in [-0.2, -0.15) is 9.40 Å². The average molecular weight is 437 g/mol. The van der Waals surface area contributed by atoms with Crippen molar-refractivity contribution in [1.82, 2.24) is 19.4 Å². The van der Waals surface area contributed by atoms with Crippen molar-refractivity contribution in [3.63, 3.8) is 0 Å². The molecule has 0 unspecified atom stereocenters. The number of sulfonamides is 1. The first-order valence-electron chi connectivity index (χ1n) is 8.59.